The number of aliphatic hydroxyl groups excluding tert-OH is 1. The number of fused-ring (bicyclic) bond motifs is 1. The first-order chi connectivity index (χ1) is 8.70. The van der Waals surface area contributed by atoms with Crippen molar-refractivity contribution < 1.29 is 9.90 Å². The number of carbonyl (C=O) groups is 1. The molecule has 1 aliphatic heterocycles. The van der Waals surface area contributed by atoms with Crippen LogP contribution in [0.25, 0.3) is 0 Å². The Morgan fingerprint density at radius 3 is 2.83 bits per heavy atom. The first-order valence-corrected chi connectivity index (χ1v) is 6.46. The Kier molecular flexibility index (Phi) is 2.84. The van der Waals surface area contributed by atoms with Gasteiger partial charge in [-0.25, -0.2) is 0 Å². The second-order valence-corrected chi connectivity index (χ2v) is 5.27. The van der Waals surface area contributed by atoms with Gasteiger partial charge in [-0.15, -0.1) is 0 Å². The molecule has 1 saturated heterocycles. The molecule has 0 spiro atoms. The highest BCUT2D eigenvalue weighted by Crippen LogP contribution is 2.38. The lowest BCUT2D eigenvalue weighted by Crippen LogP contribution is -2.35. The molecule has 0 radical (unpaired) electrons. The van der Waals surface area contributed by atoms with Gasteiger partial charge in [-0.3, -0.25) is 4.79 Å². The average molecular weight is 246 g/mol. The summed E-state index contributed by atoms with van der Waals surface area (Å²) in [5.74, 6) is 0.351. The Labute approximate surface area is 106 Å². The van der Waals surface area contributed by atoms with E-state index in [9.17, 15) is 9.90 Å². The quantitative estimate of drug-likeness (QED) is 0.796. The van der Waals surface area contributed by atoms with Crippen LogP contribution in [0, 0.1) is 5.92 Å². The summed E-state index contributed by atoms with van der Waals surface area (Å²) in [7, 11) is 0. The predicted octanol–water partition coefficient (Wildman–Crippen LogP) is 0.452. The fraction of sp³-hybridized carbons (Fsp3) is 0.500. The third-order valence-corrected chi connectivity index (χ3v) is 4.07. The van der Waals surface area contributed by atoms with Crippen LogP contribution in [0.1, 0.15) is 23.6 Å². The third kappa shape index (κ3) is 1.72. The van der Waals surface area contributed by atoms with Gasteiger partial charge in [0, 0.05) is 19.4 Å². The standard InChI is InChI=1S/C14H18N2O2/c15-7-9-5-13(18)16(8-9)14-11-4-2-1-3-10(11)6-12(14)17/h1-4,9,12,14,17H,5-8,15H2. The van der Waals surface area contributed by atoms with Crippen LogP contribution in [0.4, 0.5) is 0 Å². The van der Waals surface area contributed by atoms with Crippen molar-refractivity contribution in [1.29, 1.82) is 0 Å². The van der Waals surface area contributed by atoms with Crippen LogP contribution in [0.15, 0.2) is 24.3 Å². The summed E-state index contributed by atoms with van der Waals surface area (Å²) in [6, 6.07) is 7.80. The molecular formula is C14H18N2O2. The fourth-order valence-electron chi connectivity index (χ4n) is 3.16. The van der Waals surface area contributed by atoms with Crippen LogP contribution in [0.5, 0.6) is 0 Å². The molecule has 1 aromatic rings. The van der Waals surface area contributed by atoms with E-state index >= 15 is 0 Å². The highest BCUT2D eigenvalue weighted by molar-refractivity contribution is 5.79. The summed E-state index contributed by atoms with van der Waals surface area (Å²) in [6.07, 6.45) is 0.669. The second-order valence-electron chi connectivity index (χ2n) is 5.27. The van der Waals surface area contributed by atoms with Gasteiger partial charge in [-0.1, -0.05) is 24.3 Å². The SMILES string of the molecule is NCC1CC(=O)N(C2c3ccccc3CC2O)C1. The monoisotopic (exact) mass is 246 g/mol. The summed E-state index contributed by atoms with van der Waals surface area (Å²) in [5.41, 5.74) is 7.89. The molecule has 96 valence electrons. The molecule has 1 aliphatic carbocycles. The number of nitrogens with zero attached hydrogens (tertiary/aromatic N) is 1. The molecule has 2 aliphatic rings. The minimum Gasteiger partial charge on any atom is -0.390 e. The fourth-order valence-corrected chi connectivity index (χ4v) is 3.16. The average Bonchev–Trinajstić information content (AvgIpc) is 2.88. The summed E-state index contributed by atoms with van der Waals surface area (Å²) in [4.78, 5) is 13.9. The molecular weight excluding hydrogens is 228 g/mol. The smallest absolute Gasteiger partial charge is 0.223 e. The summed E-state index contributed by atoms with van der Waals surface area (Å²) >= 11 is 0. The van der Waals surface area contributed by atoms with Crippen LogP contribution in [0.2, 0.25) is 0 Å². The molecule has 3 rings (SSSR count). The Morgan fingerprint density at radius 1 is 1.33 bits per heavy atom. The van der Waals surface area contributed by atoms with Crippen LogP contribution in [0.3, 0.4) is 0 Å². The molecule has 1 fully saturated rings. The van der Waals surface area contributed by atoms with Gasteiger partial charge in [0.1, 0.15) is 0 Å². The van der Waals surface area contributed by atoms with Gasteiger partial charge in [0.25, 0.3) is 0 Å². The number of nitrogens with two attached hydrogens (primary N) is 1. The molecule has 18 heavy (non-hydrogen) atoms. The number of hydrogen-bond donors (Lipinski definition) is 2. The van der Waals surface area contributed by atoms with E-state index in [0.29, 0.717) is 25.9 Å². The topological polar surface area (TPSA) is 66.6 Å². The first kappa shape index (κ1) is 11.7. The first-order valence-electron chi connectivity index (χ1n) is 6.46. The largest absolute Gasteiger partial charge is 0.390 e. The van der Waals surface area contributed by atoms with E-state index < -0.39 is 6.10 Å². The molecule has 1 heterocycles. The van der Waals surface area contributed by atoms with Crippen molar-refractivity contribution in [3.63, 3.8) is 0 Å². The number of aliphatic hydroxyl groups is 1. The van der Waals surface area contributed by atoms with Crippen molar-refractivity contribution in [3.05, 3.63) is 35.4 Å². The third-order valence-electron chi connectivity index (χ3n) is 4.07. The maximum absolute atomic E-state index is 12.0. The number of amides is 1. The number of carbonyl (C=O) groups excluding carboxylic acids is 1. The molecule has 3 unspecified atom stereocenters. The van der Waals surface area contributed by atoms with Gasteiger partial charge in [0.05, 0.1) is 12.1 Å². The Balaban J connectivity index is 1.91. The van der Waals surface area contributed by atoms with E-state index in [4.69, 9.17) is 5.73 Å². The Bertz CT molecular complexity index is 475. The van der Waals surface area contributed by atoms with Crippen molar-refractivity contribution in [2.75, 3.05) is 13.1 Å². The number of likely N-dealkylation sites (tertiary alicyclic amines) is 1. The molecule has 3 N–H and O–H groups in total. The van der Waals surface area contributed by atoms with E-state index in [1.54, 1.807) is 0 Å². The van der Waals surface area contributed by atoms with Crippen molar-refractivity contribution >= 4 is 5.91 Å². The van der Waals surface area contributed by atoms with E-state index in [-0.39, 0.29) is 17.9 Å². The van der Waals surface area contributed by atoms with Gasteiger partial charge in [-0.05, 0) is 23.6 Å². The molecule has 0 bridgehead atoms. The van der Waals surface area contributed by atoms with E-state index in [1.807, 2.05) is 29.2 Å². The van der Waals surface area contributed by atoms with Crippen molar-refractivity contribution in [2.24, 2.45) is 11.7 Å². The van der Waals surface area contributed by atoms with Gasteiger partial charge in [0.2, 0.25) is 5.91 Å². The van der Waals surface area contributed by atoms with Crippen molar-refractivity contribution in [1.82, 2.24) is 4.90 Å². The highest BCUT2D eigenvalue weighted by Gasteiger charge is 2.41. The normalized spacial score (nSPS) is 30.9. The zero-order valence-electron chi connectivity index (χ0n) is 10.2. The molecule has 4 nitrogen and oxygen atoms in total. The lowest BCUT2D eigenvalue weighted by molar-refractivity contribution is -0.131. The van der Waals surface area contributed by atoms with Crippen molar-refractivity contribution in [2.45, 2.75) is 25.0 Å². The lowest BCUT2D eigenvalue weighted by atomic mass is 10.1. The minimum atomic E-state index is -0.483. The molecule has 3 atom stereocenters. The molecule has 1 amide bonds. The summed E-state index contributed by atoms with van der Waals surface area (Å²) < 4.78 is 0. The molecule has 0 saturated carbocycles. The van der Waals surface area contributed by atoms with Gasteiger partial charge < -0.3 is 15.7 Å². The molecule has 1 aromatic carbocycles. The van der Waals surface area contributed by atoms with Gasteiger partial charge in [-0.2, -0.15) is 0 Å². The van der Waals surface area contributed by atoms with Gasteiger partial charge >= 0.3 is 0 Å². The summed E-state index contributed by atoms with van der Waals surface area (Å²) in [5, 5.41) is 10.2. The lowest BCUT2D eigenvalue weighted by Gasteiger charge is -2.28. The number of rotatable bonds is 2. The van der Waals surface area contributed by atoms with Crippen LogP contribution in [-0.2, 0) is 11.2 Å². The maximum atomic E-state index is 12.0. The zero-order chi connectivity index (χ0) is 12.7. The van der Waals surface area contributed by atoms with Crippen molar-refractivity contribution in [3.8, 4) is 0 Å². The Hall–Kier alpha value is -1.39. The van der Waals surface area contributed by atoms with Crippen LogP contribution >= 0.6 is 0 Å². The molecule has 0 aromatic heterocycles. The van der Waals surface area contributed by atoms with Crippen LogP contribution in [-0.4, -0.2) is 35.1 Å². The van der Waals surface area contributed by atoms with E-state index in [0.717, 1.165) is 11.1 Å². The van der Waals surface area contributed by atoms with E-state index in [2.05, 4.69) is 0 Å². The predicted molar refractivity (Wildman–Crippen MR) is 67.8 cm³/mol. The maximum Gasteiger partial charge on any atom is 0.223 e. The molecule has 4 heteroatoms. The second kappa shape index (κ2) is 4.37. The number of benzene rings is 1. The van der Waals surface area contributed by atoms with Crippen LogP contribution < -0.4 is 5.73 Å². The highest BCUT2D eigenvalue weighted by atomic mass is 16.3. The van der Waals surface area contributed by atoms with E-state index in [1.165, 1.54) is 0 Å². The van der Waals surface area contributed by atoms with Gasteiger partial charge in [0.15, 0.2) is 0 Å². The number of hydrogen-bond acceptors (Lipinski definition) is 3. The minimum absolute atomic E-state index is 0.117. The Morgan fingerprint density at radius 2 is 2.11 bits per heavy atom. The zero-order valence-corrected chi connectivity index (χ0v) is 10.2. The summed E-state index contributed by atoms with van der Waals surface area (Å²) in [6.45, 7) is 1.21.